The maximum Gasteiger partial charge on any atom is 0.0239 e. The first-order chi connectivity index (χ1) is 9.20. The zero-order chi connectivity index (χ0) is 13.7. The molecule has 1 aliphatic rings. The van der Waals surface area contributed by atoms with Gasteiger partial charge in [-0.05, 0) is 36.9 Å². The van der Waals surface area contributed by atoms with Crippen molar-refractivity contribution in [1.29, 1.82) is 0 Å². The summed E-state index contributed by atoms with van der Waals surface area (Å²) in [4.78, 5) is 2.66. The number of nitrogens with zero attached hydrogens (tertiary/aromatic N) is 1. The fraction of sp³-hybridized carbons (Fsp3) is 0.647. The van der Waals surface area contributed by atoms with Gasteiger partial charge in [0, 0.05) is 25.2 Å². The van der Waals surface area contributed by atoms with E-state index in [2.05, 4.69) is 55.3 Å². The van der Waals surface area contributed by atoms with Crippen molar-refractivity contribution >= 4 is 0 Å². The highest BCUT2D eigenvalue weighted by Crippen LogP contribution is 2.29. The van der Waals surface area contributed by atoms with Gasteiger partial charge in [-0.15, -0.1) is 0 Å². The summed E-state index contributed by atoms with van der Waals surface area (Å²) < 4.78 is 0. The van der Waals surface area contributed by atoms with Gasteiger partial charge in [-0.1, -0.05) is 45.0 Å². The van der Waals surface area contributed by atoms with E-state index in [0.717, 1.165) is 19.1 Å². The lowest BCUT2D eigenvalue weighted by molar-refractivity contribution is 0.254. The van der Waals surface area contributed by atoms with Crippen LogP contribution in [0, 0.1) is 0 Å². The number of rotatable bonds is 8. The first kappa shape index (κ1) is 14.5. The fourth-order valence-corrected chi connectivity index (χ4v) is 2.53. The molecule has 1 N–H and O–H groups in total. The van der Waals surface area contributed by atoms with Crippen molar-refractivity contribution in [2.45, 2.75) is 65.2 Å². The summed E-state index contributed by atoms with van der Waals surface area (Å²) in [5.74, 6) is 0. The zero-order valence-electron chi connectivity index (χ0n) is 12.7. The zero-order valence-corrected chi connectivity index (χ0v) is 12.7. The highest BCUT2D eigenvalue weighted by Gasteiger charge is 2.28. The molecule has 0 aromatic heterocycles. The Bertz CT molecular complexity index is 383. The van der Waals surface area contributed by atoms with Crippen LogP contribution < -0.4 is 5.32 Å². The third kappa shape index (κ3) is 4.63. The predicted molar refractivity (Wildman–Crippen MR) is 82.1 cm³/mol. The second kappa shape index (κ2) is 7.06. The monoisotopic (exact) mass is 260 g/mol. The Balaban J connectivity index is 2.01. The van der Waals surface area contributed by atoms with Crippen LogP contribution in [-0.2, 0) is 13.1 Å². The smallest absolute Gasteiger partial charge is 0.0239 e. The van der Waals surface area contributed by atoms with Crippen molar-refractivity contribution in [3.8, 4) is 0 Å². The minimum atomic E-state index is 0.545. The third-order valence-electron chi connectivity index (χ3n) is 3.77. The Hall–Kier alpha value is -0.860. The summed E-state index contributed by atoms with van der Waals surface area (Å²) in [6.07, 6.45) is 4.04. The second-order valence-corrected chi connectivity index (χ2v) is 6.01. The SMILES string of the molecule is CCCN(Cc1ccccc1CNC(C)C)C1CC1. The number of benzene rings is 1. The largest absolute Gasteiger partial charge is 0.310 e. The van der Waals surface area contributed by atoms with E-state index in [1.807, 2.05) is 0 Å². The Morgan fingerprint density at radius 3 is 2.47 bits per heavy atom. The molecule has 1 aromatic rings. The van der Waals surface area contributed by atoms with Gasteiger partial charge in [0.1, 0.15) is 0 Å². The summed E-state index contributed by atoms with van der Waals surface area (Å²) in [5.41, 5.74) is 2.95. The number of nitrogens with one attached hydrogen (secondary N) is 1. The van der Waals surface area contributed by atoms with Gasteiger partial charge in [-0.25, -0.2) is 0 Å². The van der Waals surface area contributed by atoms with E-state index in [4.69, 9.17) is 0 Å². The van der Waals surface area contributed by atoms with Crippen LogP contribution in [0.5, 0.6) is 0 Å². The highest BCUT2D eigenvalue weighted by molar-refractivity contribution is 5.27. The van der Waals surface area contributed by atoms with Gasteiger partial charge in [-0.2, -0.15) is 0 Å². The third-order valence-corrected chi connectivity index (χ3v) is 3.77. The molecule has 0 bridgehead atoms. The molecule has 1 fully saturated rings. The molecule has 0 aliphatic heterocycles. The molecule has 0 amide bonds. The van der Waals surface area contributed by atoms with Gasteiger partial charge in [-0.3, -0.25) is 4.90 Å². The fourth-order valence-electron chi connectivity index (χ4n) is 2.53. The van der Waals surface area contributed by atoms with Crippen molar-refractivity contribution in [1.82, 2.24) is 10.2 Å². The van der Waals surface area contributed by atoms with Gasteiger partial charge in [0.05, 0.1) is 0 Å². The van der Waals surface area contributed by atoms with E-state index in [9.17, 15) is 0 Å². The topological polar surface area (TPSA) is 15.3 Å². The number of hydrogen-bond donors (Lipinski definition) is 1. The molecule has 2 heteroatoms. The molecule has 2 rings (SSSR count). The molecule has 19 heavy (non-hydrogen) atoms. The van der Waals surface area contributed by atoms with Crippen LogP contribution in [0.15, 0.2) is 24.3 Å². The van der Waals surface area contributed by atoms with Gasteiger partial charge >= 0.3 is 0 Å². The standard InChI is InChI=1S/C17H28N2/c1-4-11-19(17-9-10-17)13-16-8-6-5-7-15(16)12-18-14(2)3/h5-8,14,17-18H,4,9-13H2,1-3H3. The van der Waals surface area contributed by atoms with Crippen LogP contribution in [0.1, 0.15) is 51.2 Å². The predicted octanol–water partition coefficient (Wildman–Crippen LogP) is 3.56. The summed E-state index contributed by atoms with van der Waals surface area (Å²) >= 11 is 0. The summed E-state index contributed by atoms with van der Waals surface area (Å²) in [6.45, 7) is 10.0. The maximum atomic E-state index is 3.53. The molecule has 0 unspecified atom stereocenters. The summed E-state index contributed by atoms with van der Waals surface area (Å²) in [6, 6.07) is 10.3. The van der Waals surface area contributed by atoms with E-state index < -0.39 is 0 Å². The molecule has 0 heterocycles. The van der Waals surface area contributed by atoms with E-state index in [1.165, 1.54) is 36.9 Å². The first-order valence-corrected chi connectivity index (χ1v) is 7.75. The average Bonchev–Trinajstić information content (AvgIpc) is 3.21. The van der Waals surface area contributed by atoms with Crippen molar-refractivity contribution in [3.05, 3.63) is 35.4 Å². The van der Waals surface area contributed by atoms with Crippen LogP contribution in [0.25, 0.3) is 0 Å². The van der Waals surface area contributed by atoms with Crippen molar-refractivity contribution in [2.24, 2.45) is 0 Å². The molecule has 1 saturated carbocycles. The molecule has 1 aromatic carbocycles. The van der Waals surface area contributed by atoms with E-state index >= 15 is 0 Å². The molecular formula is C17H28N2. The lowest BCUT2D eigenvalue weighted by Gasteiger charge is -2.23. The highest BCUT2D eigenvalue weighted by atomic mass is 15.2. The van der Waals surface area contributed by atoms with Gasteiger partial charge in [0.25, 0.3) is 0 Å². The van der Waals surface area contributed by atoms with Crippen LogP contribution >= 0.6 is 0 Å². The van der Waals surface area contributed by atoms with Crippen LogP contribution in [0.4, 0.5) is 0 Å². The first-order valence-electron chi connectivity index (χ1n) is 7.75. The average molecular weight is 260 g/mol. The van der Waals surface area contributed by atoms with Gasteiger partial charge in [0.15, 0.2) is 0 Å². The Morgan fingerprint density at radius 1 is 1.21 bits per heavy atom. The second-order valence-electron chi connectivity index (χ2n) is 6.01. The lowest BCUT2D eigenvalue weighted by Crippen LogP contribution is -2.28. The molecule has 0 spiro atoms. The van der Waals surface area contributed by atoms with Crippen LogP contribution in [0.2, 0.25) is 0 Å². The van der Waals surface area contributed by atoms with E-state index in [-0.39, 0.29) is 0 Å². The molecule has 1 aliphatic carbocycles. The van der Waals surface area contributed by atoms with Crippen LogP contribution in [0.3, 0.4) is 0 Å². The van der Waals surface area contributed by atoms with E-state index in [1.54, 1.807) is 0 Å². The Labute approximate surface area is 118 Å². The molecule has 0 atom stereocenters. The molecule has 0 saturated heterocycles. The summed E-state index contributed by atoms with van der Waals surface area (Å²) in [5, 5.41) is 3.53. The minimum Gasteiger partial charge on any atom is -0.310 e. The van der Waals surface area contributed by atoms with Gasteiger partial charge in [0.2, 0.25) is 0 Å². The molecule has 0 radical (unpaired) electrons. The van der Waals surface area contributed by atoms with Crippen molar-refractivity contribution in [2.75, 3.05) is 6.54 Å². The normalized spacial score (nSPS) is 15.4. The van der Waals surface area contributed by atoms with Crippen molar-refractivity contribution < 1.29 is 0 Å². The summed E-state index contributed by atoms with van der Waals surface area (Å²) in [7, 11) is 0. The number of hydrogen-bond acceptors (Lipinski definition) is 2. The molecular weight excluding hydrogens is 232 g/mol. The minimum absolute atomic E-state index is 0.545. The Morgan fingerprint density at radius 2 is 1.89 bits per heavy atom. The quantitative estimate of drug-likeness (QED) is 0.769. The Kier molecular flexibility index (Phi) is 5.41. The molecule has 106 valence electrons. The van der Waals surface area contributed by atoms with Gasteiger partial charge < -0.3 is 5.32 Å². The molecule has 2 nitrogen and oxygen atoms in total. The maximum absolute atomic E-state index is 3.53. The van der Waals surface area contributed by atoms with E-state index in [0.29, 0.717) is 6.04 Å². The lowest BCUT2D eigenvalue weighted by atomic mass is 10.1. The van der Waals surface area contributed by atoms with Crippen LogP contribution in [-0.4, -0.2) is 23.5 Å². The van der Waals surface area contributed by atoms with Crippen molar-refractivity contribution in [3.63, 3.8) is 0 Å².